The molecule has 1 heteroatoms. The van der Waals surface area contributed by atoms with E-state index in [4.69, 9.17) is 5.73 Å². The number of anilines is 1. The fourth-order valence-corrected chi connectivity index (χ4v) is 4.11. The molecule has 0 aliphatic carbocycles. The summed E-state index contributed by atoms with van der Waals surface area (Å²) in [6.45, 7) is 2.29. The highest BCUT2D eigenvalue weighted by Gasteiger charge is 2.00. The molecule has 0 aliphatic heterocycles. The van der Waals surface area contributed by atoms with E-state index in [2.05, 4.69) is 43.3 Å². The summed E-state index contributed by atoms with van der Waals surface area (Å²) in [5.74, 6) is 0. The van der Waals surface area contributed by atoms with E-state index in [1.807, 2.05) is 12.1 Å². The number of nitrogens with two attached hydrogens (primary N) is 1. The Hall–Kier alpha value is -1.76. The van der Waals surface area contributed by atoms with Crippen molar-refractivity contribution in [3.8, 4) is 0 Å². The van der Waals surface area contributed by atoms with Gasteiger partial charge < -0.3 is 5.73 Å². The summed E-state index contributed by atoms with van der Waals surface area (Å²) in [5, 5.41) is 0. The van der Waals surface area contributed by atoms with Gasteiger partial charge in [-0.3, -0.25) is 0 Å². The molecule has 2 aromatic rings. The maximum atomic E-state index is 5.78. The van der Waals surface area contributed by atoms with Gasteiger partial charge in [0.1, 0.15) is 0 Å². The molecule has 0 heterocycles. The van der Waals surface area contributed by atoms with E-state index in [9.17, 15) is 0 Å². The van der Waals surface area contributed by atoms with Crippen molar-refractivity contribution in [2.45, 2.75) is 103 Å². The normalized spacial score (nSPS) is 11.1. The van der Waals surface area contributed by atoms with Crippen LogP contribution in [0.3, 0.4) is 0 Å². The zero-order valence-electron chi connectivity index (χ0n) is 18.8. The van der Waals surface area contributed by atoms with E-state index in [-0.39, 0.29) is 0 Å². The molecule has 29 heavy (non-hydrogen) atoms. The molecule has 0 saturated carbocycles. The third-order valence-electron chi connectivity index (χ3n) is 5.95. The highest BCUT2D eigenvalue weighted by molar-refractivity contribution is 5.40. The van der Waals surface area contributed by atoms with Crippen LogP contribution < -0.4 is 5.73 Å². The molecule has 0 saturated heterocycles. The quantitative estimate of drug-likeness (QED) is 0.224. The molecule has 0 fully saturated rings. The molecule has 1 nitrogen and oxygen atoms in total. The molecule has 0 atom stereocenters. The summed E-state index contributed by atoms with van der Waals surface area (Å²) in [6, 6.07) is 17.4. The Labute approximate surface area is 180 Å². The van der Waals surface area contributed by atoms with Crippen LogP contribution in [0.4, 0.5) is 5.69 Å². The summed E-state index contributed by atoms with van der Waals surface area (Å²) in [4.78, 5) is 0. The monoisotopic (exact) mass is 393 g/mol. The van der Waals surface area contributed by atoms with Gasteiger partial charge in [-0.05, 0) is 48.1 Å². The van der Waals surface area contributed by atoms with Crippen LogP contribution in [0.15, 0.2) is 48.5 Å². The second-order valence-electron chi connectivity index (χ2n) is 8.73. The zero-order valence-corrected chi connectivity index (χ0v) is 18.8. The fraction of sp³-hybridized carbons (Fsp3) is 0.571. The third-order valence-corrected chi connectivity index (χ3v) is 5.95. The lowest BCUT2D eigenvalue weighted by atomic mass is 9.99. The Balaban J connectivity index is 1.50. The first-order valence-electron chi connectivity index (χ1n) is 12.2. The molecule has 0 aliphatic rings. The number of rotatable bonds is 16. The molecule has 2 N–H and O–H groups in total. The first-order chi connectivity index (χ1) is 14.3. The van der Waals surface area contributed by atoms with Gasteiger partial charge in [0, 0.05) is 5.69 Å². The molecule has 0 radical (unpaired) electrons. The lowest BCUT2D eigenvalue weighted by molar-refractivity contribution is 0.539. The topological polar surface area (TPSA) is 26.0 Å². The van der Waals surface area contributed by atoms with Gasteiger partial charge in [-0.2, -0.15) is 0 Å². The van der Waals surface area contributed by atoms with Crippen molar-refractivity contribution < 1.29 is 0 Å². The number of hydrogen-bond acceptors (Lipinski definition) is 1. The van der Waals surface area contributed by atoms with E-state index in [1.165, 1.54) is 107 Å². The zero-order chi connectivity index (χ0) is 20.6. The number of aryl methyl sites for hydroxylation is 1. The summed E-state index contributed by atoms with van der Waals surface area (Å²) in [5.41, 5.74) is 10.8. The van der Waals surface area contributed by atoms with Crippen LogP contribution in [0.2, 0.25) is 0 Å². The van der Waals surface area contributed by atoms with Crippen molar-refractivity contribution >= 4 is 5.69 Å². The summed E-state index contributed by atoms with van der Waals surface area (Å²) in [7, 11) is 0. The highest BCUT2D eigenvalue weighted by atomic mass is 14.5. The predicted octanol–water partition coefficient (Wildman–Crippen LogP) is 8.49. The molecule has 0 amide bonds. The lowest BCUT2D eigenvalue weighted by Gasteiger charge is -2.07. The van der Waals surface area contributed by atoms with Crippen LogP contribution in [-0.4, -0.2) is 0 Å². The fourth-order valence-electron chi connectivity index (χ4n) is 4.11. The Morgan fingerprint density at radius 2 is 1.07 bits per heavy atom. The summed E-state index contributed by atoms with van der Waals surface area (Å²) in [6.07, 6.45) is 20.7. The smallest absolute Gasteiger partial charge is 0.0314 e. The Morgan fingerprint density at radius 1 is 0.552 bits per heavy atom. The molecule has 2 aromatic carbocycles. The van der Waals surface area contributed by atoms with Crippen molar-refractivity contribution in [1.29, 1.82) is 0 Å². The molecular formula is C28H43N. The van der Waals surface area contributed by atoms with E-state index in [0.717, 1.165) is 12.1 Å². The minimum absolute atomic E-state index is 0.838. The van der Waals surface area contributed by atoms with Gasteiger partial charge in [-0.15, -0.1) is 0 Å². The standard InChI is InChI=1S/C28H43N/c1-2-3-4-5-6-7-8-9-10-11-12-13-14-16-25-17-15-18-27(23-25)24-26-19-21-28(29)22-20-26/h15,17-23H,2-14,16,24,29H2,1H3. The van der Waals surface area contributed by atoms with Gasteiger partial charge in [0.05, 0.1) is 0 Å². The minimum Gasteiger partial charge on any atom is -0.399 e. The molecule has 160 valence electrons. The van der Waals surface area contributed by atoms with E-state index >= 15 is 0 Å². The molecule has 0 unspecified atom stereocenters. The Kier molecular flexibility index (Phi) is 12.3. The van der Waals surface area contributed by atoms with Crippen LogP contribution in [0.5, 0.6) is 0 Å². The predicted molar refractivity (Wildman–Crippen MR) is 130 cm³/mol. The summed E-state index contributed by atoms with van der Waals surface area (Å²) >= 11 is 0. The van der Waals surface area contributed by atoms with Crippen molar-refractivity contribution in [2.75, 3.05) is 5.73 Å². The largest absolute Gasteiger partial charge is 0.399 e. The molecule has 2 rings (SSSR count). The third kappa shape index (κ3) is 11.1. The van der Waals surface area contributed by atoms with Gasteiger partial charge >= 0.3 is 0 Å². The molecule has 0 bridgehead atoms. The highest BCUT2D eigenvalue weighted by Crippen LogP contribution is 2.16. The van der Waals surface area contributed by atoms with Crippen molar-refractivity contribution in [3.63, 3.8) is 0 Å². The SMILES string of the molecule is CCCCCCCCCCCCCCCc1cccc(Cc2ccc(N)cc2)c1. The van der Waals surface area contributed by atoms with E-state index in [1.54, 1.807) is 0 Å². The average molecular weight is 394 g/mol. The maximum Gasteiger partial charge on any atom is 0.0314 e. The first kappa shape index (κ1) is 23.5. The van der Waals surface area contributed by atoms with Crippen molar-refractivity contribution in [2.24, 2.45) is 0 Å². The van der Waals surface area contributed by atoms with Gasteiger partial charge in [0.15, 0.2) is 0 Å². The first-order valence-corrected chi connectivity index (χ1v) is 12.2. The Morgan fingerprint density at radius 3 is 1.66 bits per heavy atom. The van der Waals surface area contributed by atoms with Crippen LogP contribution in [0.1, 0.15) is 107 Å². The average Bonchev–Trinajstić information content (AvgIpc) is 2.73. The second kappa shape index (κ2) is 15.1. The van der Waals surface area contributed by atoms with Gasteiger partial charge in [0.2, 0.25) is 0 Å². The van der Waals surface area contributed by atoms with Gasteiger partial charge in [-0.1, -0.05) is 120 Å². The van der Waals surface area contributed by atoms with Crippen LogP contribution in [-0.2, 0) is 12.8 Å². The van der Waals surface area contributed by atoms with Gasteiger partial charge in [-0.25, -0.2) is 0 Å². The Bertz CT molecular complexity index is 644. The molecule has 0 aromatic heterocycles. The number of unbranched alkanes of at least 4 members (excludes halogenated alkanes) is 12. The van der Waals surface area contributed by atoms with E-state index in [0.29, 0.717) is 0 Å². The maximum absolute atomic E-state index is 5.78. The lowest BCUT2D eigenvalue weighted by Crippen LogP contribution is -1.92. The van der Waals surface area contributed by atoms with Crippen LogP contribution >= 0.6 is 0 Å². The number of hydrogen-bond donors (Lipinski definition) is 1. The minimum atomic E-state index is 0.838. The molecule has 0 spiro atoms. The number of benzene rings is 2. The second-order valence-corrected chi connectivity index (χ2v) is 8.73. The number of nitrogen functional groups attached to an aromatic ring is 1. The van der Waals surface area contributed by atoms with E-state index < -0.39 is 0 Å². The van der Waals surface area contributed by atoms with Gasteiger partial charge in [0.25, 0.3) is 0 Å². The molecular weight excluding hydrogens is 350 g/mol. The van der Waals surface area contributed by atoms with Crippen LogP contribution in [0.25, 0.3) is 0 Å². The van der Waals surface area contributed by atoms with Crippen molar-refractivity contribution in [1.82, 2.24) is 0 Å². The van der Waals surface area contributed by atoms with Crippen LogP contribution in [0, 0.1) is 0 Å². The summed E-state index contributed by atoms with van der Waals surface area (Å²) < 4.78 is 0. The van der Waals surface area contributed by atoms with Crippen molar-refractivity contribution in [3.05, 3.63) is 65.2 Å².